The molecule has 74 valence electrons. The van der Waals surface area contributed by atoms with Crippen molar-refractivity contribution in [2.24, 2.45) is 0 Å². The van der Waals surface area contributed by atoms with Crippen LogP contribution in [0.1, 0.15) is 26.6 Å². The molecule has 2 rings (SSSR count). The molecule has 0 radical (unpaired) electrons. The summed E-state index contributed by atoms with van der Waals surface area (Å²) in [6.07, 6.45) is 1.63. The molecule has 0 bridgehead atoms. The third kappa shape index (κ3) is 1.41. The summed E-state index contributed by atoms with van der Waals surface area (Å²) in [7, 11) is 0. The maximum Gasteiger partial charge on any atom is 0.222 e. The zero-order valence-corrected chi connectivity index (χ0v) is 8.50. The summed E-state index contributed by atoms with van der Waals surface area (Å²) >= 11 is 0. The second-order valence-electron chi connectivity index (χ2n) is 4.30. The van der Waals surface area contributed by atoms with Crippen LogP contribution >= 0.6 is 0 Å². The van der Waals surface area contributed by atoms with Gasteiger partial charge in [-0.3, -0.25) is 0 Å². The average molecular weight is 191 g/mol. The molecule has 0 atom stereocenters. The highest BCUT2D eigenvalue weighted by atomic mass is 15.1. The standard InChI is InChI=1S/C9H13N5/c1-9(2,3)7-12-5-4-11-8(10)14-6(5)13-7/h4H,1-3H3,(H3,10,11,12,13,14). The molecule has 5 heteroatoms. The molecule has 0 unspecified atom stereocenters. The van der Waals surface area contributed by atoms with Gasteiger partial charge in [-0.25, -0.2) is 9.97 Å². The first kappa shape index (κ1) is 8.93. The number of nitrogens with two attached hydrogens (primary N) is 1. The van der Waals surface area contributed by atoms with Crippen LogP contribution in [0.3, 0.4) is 0 Å². The molecule has 2 aromatic rings. The maximum absolute atomic E-state index is 5.47. The van der Waals surface area contributed by atoms with Gasteiger partial charge in [-0.15, -0.1) is 0 Å². The Bertz CT molecular complexity index is 465. The van der Waals surface area contributed by atoms with Crippen LogP contribution in [0.4, 0.5) is 5.95 Å². The third-order valence-electron chi connectivity index (χ3n) is 1.97. The number of hydrogen-bond acceptors (Lipinski definition) is 4. The summed E-state index contributed by atoms with van der Waals surface area (Å²) in [6, 6.07) is 0. The number of nitrogens with zero attached hydrogens (tertiary/aromatic N) is 3. The first-order valence-electron chi connectivity index (χ1n) is 4.45. The van der Waals surface area contributed by atoms with Gasteiger partial charge in [0, 0.05) is 5.41 Å². The van der Waals surface area contributed by atoms with E-state index in [-0.39, 0.29) is 11.4 Å². The van der Waals surface area contributed by atoms with Gasteiger partial charge in [0.15, 0.2) is 5.65 Å². The highest BCUT2D eigenvalue weighted by molar-refractivity contribution is 5.70. The van der Waals surface area contributed by atoms with Crippen LogP contribution in [0, 0.1) is 0 Å². The number of nitrogens with one attached hydrogen (secondary N) is 1. The lowest BCUT2D eigenvalue weighted by molar-refractivity contribution is 0.554. The van der Waals surface area contributed by atoms with Gasteiger partial charge in [0.2, 0.25) is 5.95 Å². The third-order valence-corrected chi connectivity index (χ3v) is 1.97. The van der Waals surface area contributed by atoms with Crippen molar-refractivity contribution in [2.75, 3.05) is 5.73 Å². The van der Waals surface area contributed by atoms with Crippen molar-refractivity contribution in [1.29, 1.82) is 0 Å². The topological polar surface area (TPSA) is 80.5 Å². The summed E-state index contributed by atoms with van der Waals surface area (Å²) in [5, 5.41) is 0. The second kappa shape index (κ2) is 2.67. The van der Waals surface area contributed by atoms with Crippen LogP contribution < -0.4 is 5.73 Å². The maximum atomic E-state index is 5.47. The number of fused-ring (bicyclic) bond motifs is 1. The SMILES string of the molecule is CC(C)(C)c1nc2cnc(N)nc2[nH]1. The second-order valence-corrected chi connectivity index (χ2v) is 4.30. The Hall–Kier alpha value is -1.65. The lowest BCUT2D eigenvalue weighted by atomic mass is 9.96. The molecule has 0 aliphatic carbocycles. The van der Waals surface area contributed by atoms with E-state index in [1.165, 1.54) is 0 Å². The van der Waals surface area contributed by atoms with Crippen LogP contribution in [-0.2, 0) is 5.41 Å². The Kier molecular flexibility index (Phi) is 1.70. The highest BCUT2D eigenvalue weighted by Crippen LogP contribution is 2.21. The number of aromatic amines is 1. The number of rotatable bonds is 0. The van der Waals surface area contributed by atoms with E-state index >= 15 is 0 Å². The fraction of sp³-hybridized carbons (Fsp3) is 0.444. The molecular formula is C9H13N5. The van der Waals surface area contributed by atoms with Crippen molar-refractivity contribution in [2.45, 2.75) is 26.2 Å². The van der Waals surface area contributed by atoms with Gasteiger partial charge in [0.25, 0.3) is 0 Å². The number of hydrogen-bond donors (Lipinski definition) is 2. The van der Waals surface area contributed by atoms with Gasteiger partial charge in [-0.05, 0) is 0 Å². The smallest absolute Gasteiger partial charge is 0.222 e. The Morgan fingerprint density at radius 1 is 1.29 bits per heavy atom. The average Bonchev–Trinajstić information content (AvgIpc) is 2.45. The van der Waals surface area contributed by atoms with E-state index in [0.717, 1.165) is 11.3 Å². The first-order chi connectivity index (χ1) is 6.47. The molecule has 0 fully saturated rings. The summed E-state index contributed by atoms with van der Waals surface area (Å²) in [5.74, 6) is 1.16. The molecule has 0 aliphatic heterocycles. The highest BCUT2D eigenvalue weighted by Gasteiger charge is 2.18. The number of anilines is 1. The number of H-pyrrole nitrogens is 1. The van der Waals surface area contributed by atoms with Crippen LogP contribution in [0.5, 0.6) is 0 Å². The van der Waals surface area contributed by atoms with Gasteiger partial charge in [-0.1, -0.05) is 20.8 Å². The van der Waals surface area contributed by atoms with Crippen LogP contribution in [0.2, 0.25) is 0 Å². The predicted octanol–water partition coefficient (Wildman–Crippen LogP) is 1.23. The zero-order valence-electron chi connectivity index (χ0n) is 8.50. The van der Waals surface area contributed by atoms with Gasteiger partial charge < -0.3 is 10.7 Å². The van der Waals surface area contributed by atoms with Gasteiger partial charge in [0.05, 0.1) is 6.20 Å². The van der Waals surface area contributed by atoms with E-state index in [4.69, 9.17) is 5.73 Å². The van der Waals surface area contributed by atoms with Crippen LogP contribution in [0.15, 0.2) is 6.20 Å². The minimum absolute atomic E-state index is 0.0184. The van der Waals surface area contributed by atoms with Crippen molar-refractivity contribution in [1.82, 2.24) is 19.9 Å². The van der Waals surface area contributed by atoms with Crippen molar-refractivity contribution >= 4 is 17.1 Å². The summed E-state index contributed by atoms with van der Waals surface area (Å²) in [5.41, 5.74) is 6.90. The Morgan fingerprint density at radius 2 is 2.00 bits per heavy atom. The van der Waals surface area contributed by atoms with Gasteiger partial charge in [-0.2, -0.15) is 4.98 Å². The molecule has 0 aliphatic rings. The summed E-state index contributed by atoms with van der Waals surface area (Å²) in [4.78, 5) is 15.5. The normalized spacial score (nSPS) is 12.2. The van der Waals surface area contributed by atoms with Gasteiger partial charge >= 0.3 is 0 Å². The van der Waals surface area contributed by atoms with Crippen molar-refractivity contribution in [3.8, 4) is 0 Å². The van der Waals surface area contributed by atoms with E-state index in [2.05, 4.69) is 40.7 Å². The quantitative estimate of drug-likeness (QED) is 0.656. The molecule has 2 aromatic heterocycles. The largest absolute Gasteiger partial charge is 0.368 e. The van der Waals surface area contributed by atoms with Crippen LogP contribution in [-0.4, -0.2) is 19.9 Å². The minimum atomic E-state index is -0.0184. The zero-order chi connectivity index (χ0) is 10.3. The lowest BCUT2D eigenvalue weighted by Crippen LogP contribution is -2.13. The molecule has 14 heavy (non-hydrogen) atoms. The van der Waals surface area contributed by atoms with E-state index < -0.39 is 0 Å². The molecule has 0 aromatic carbocycles. The first-order valence-corrected chi connectivity index (χ1v) is 4.45. The number of imidazole rings is 1. The Labute approximate surface area is 81.8 Å². The van der Waals surface area contributed by atoms with Crippen LogP contribution in [0.25, 0.3) is 11.2 Å². The van der Waals surface area contributed by atoms with E-state index in [1.54, 1.807) is 6.20 Å². The Balaban J connectivity index is 2.63. The number of nitrogen functional groups attached to an aromatic ring is 1. The number of aromatic nitrogens is 4. The molecule has 0 spiro atoms. The van der Waals surface area contributed by atoms with E-state index in [9.17, 15) is 0 Å². The molecule has 0 saturated carbocycles. The van der Waals surface area contributed by atoms with Crippen molar-refractivity contribution in [3.63, 3.8) is 0 Å². The molecule has 2 heterocycles. The fourth-order valence-electron chi connectivity index (χ4n) is 1.18. The fourth-order valence-corrected chi connectivity index (χ4v) is 1.18. The van der Waals surface area contributed by atoms with E-state index in [0.29, 0.717) is 5.65 Å². The van der Waals surface area contributed by atoms with E-state index in [1.807, 2.05) is 0 Å². The molecule has 0 saturated heterocycles. The summed E-state index contributed by atoms with van der Waals surface area (Å²) < 4.78 is 0. The Morgan fingerprint density at radius 3 is 2.64 bits per heavy atom. The molecule has 5 nitrogen and oxygen atoms in total. The lowest BCUT2D eigenvalue weighted by Gasteiger charge is -2.13. The van der Waals surface area contributed by atoms with Crippen molar-refractivity contribution in [3.05, 3.63) is 12.0 Å². The predicted molar refractivity (Wildman–Crippen MR) is 54.8 cm³/mol. The molecule has 3 N–H and O–H groups in total. The van der Waals surface area contributed by atoms with Crippen molar-refractivity contribution < 1.29 is 0 Å². The van der Waals surface area contributed by atoms with Gasteiger partial charge in [0.1, 0.15) is 11.3 Å². The summed E-state index contributed by atoms with van der Waals surface area (Å²) in [6.45, 7) is 6.25. The molecular weight excluding hydrogens is 178 g/mol. The molecule has 0 amide bonds. The minimum Gasteiger partial charge on any atom is -0.368 e. The monoisotopic (exact) mass is 191 g/mol.